The lowest BCUT2D eigenvalue weighted by atomic mass is 9.99. The Morgan fingerprint density at radius 2 is 1.80 bits per heavy atom. The highest BCUT2D eigenvalue weighted by atomic mass is 16.7. The summed E-state index contributed by atoms with van der Waals surface area (Å²) >= 11 is 0. The van der Waals surface area contributed by atoms with Crippen LogP contribution in [0.25, 0.3) is 0 Å². The van der Waals surface area contributed by atoms with Gasteiger partial charge in [0.25, 0.3) is 0 Å². The van der Waals surface area contributed by atoms with Gasteiger partial charge < -0.3 is 19.7 Å². The van der Waals surface area contributed by atoms with E-state index in [0.717, 1.165) is 6.42 Å². The van der Waals surface area contributed by atoms with E-state index in [4.69, 9.17) is 19.7 Å². The molecule has 0 heterocycles. The van der Waals surface area contributed by atoms with Crippen molar-refractivity contribution in [1.29, 1.82) is 0 Å². The normalized spacial score (nSPS) is 10.4. The van der Waals surface area contributed by atoms with E-state index in [1.807, 2.05) is 6.92 Å². The fourth-order valence-corrected chi connectivity index (χ4v) is 1.74. The summed E-state index contributed by atoms with van der Waals surface area (Å²) in [6.45, 7) is 3.01. The monoisotopic (exact) mass is 282 g/mol. The maximum absolute atomic E-state index is 11.2. The molecule has 20 heavy (non-hydrogen) atoms. The molecule has 0 amide bonds. The summed E-state index contributed by atoms with van der Waals surface area (Å²) < 4.78 is 10.3. The van der Waals surface area contributed by atoms with E-state index in [1.165, 1.54) is 12.1 Å². The molecule has 2 N–H and O–H groups in total. The fraction of sp³-hybridized carbons (Fsp3) is 0.429. The number of benzene rings is 1. The Bertz CT molecular complexity index is 469. The third kappa shape index (κ3) is 4.64. The maximum atomic E-state index is 11.2. The highest BCUT2D eigenvalue weighted by molar-refractivity contribution is 6.02. The third-order valence-corrected chi connectivity index (χ3v) is 2.63. The molecule has 0 spiro atoms. The summed E-state index contributed by atoms with van der Waals surface area (Å²) in [5.41, 5.74) is 0.0446. The molecular weight excluding hydrogens is 264 g/mol. The first-order valence-electron chi connectivity index (χ1n) is 6.31. The van der Waals surface area contributed by atoms with E-state index in [0.29, 0.717) is 18.6 Å². The van der Waals surface area contributed by atoms with E-state index in [2.05, 4.69) is 0 Å². The van der Waals surface area contributed by atoms with Crippen LogP contribution in [-0.4, -0.2) is 42.2 Å². The highest BCUT2D eigenvalue weighted by Crippen LogP contribution is 2.16. The van der Waals surface area contributed by atoms with Crippen molar-refractivity contribution in [1.82, 2.24) is 0 Å². The molecule has 0 saturated carbocycles. The second kappa shape index (κ2) is 8.29. The first kappa shape index (κ1) is 16.1. The number of carboxylic acid groups (broad SMARTS) is 2. The van der Waals surface area contributed by atoms with Crippen molar-refractivity contribution in [2.24, 2.45) is 0 Å². The van der Waals surface area contributed by atoms with Gasteiger partial charge in [0.2, 0.25) is 0 Å². The number of ether oxygens (including phenoxy) is 2. The molecule has 110 valence electrons. The molecule has 0 atom stereocenters. The maximum Gasteiger partial charge on any atom is 0.336 e. The molecule has 0 aliphatic rings. The molecule has 6 nitrogen and oxygen atoms in total. The highest BCUT2D eigenvalue weighted by Gasteiger charge is 2.19. The Morgan fingerprint density at radius 1 is 1.10 bits per heavy atom. The number of carbonyl (C=O) groups is 2. The zero-order valence-corrected chi connectivity index (χ0v) is 11.3. The van der Waals surface area contributed by atoms with Crippen LogP contribution >= 0.6 is 0 Å². The van der Waals surface area contributed by atoms with E-state index < -0.39 is 11.9 Å². The Labute approximate surface area is 116 Å². The molecular formula is C14H18O6. The minimum atomic E-state index is -1.25. The van der Waals surface area contributed by atoms with Gasteiger partial charge in [-0.1, -0.05) is 19.1 Å². The van der Waals surface area contributed by atoms with Gasteiger partial charge in [-0.15, -0.1) is 0 Å². The predicted molar refractivity (Wildman–Crippen MR) is 71.1 cm³/mol. The first-order valence-corrected chi connectivity index (χ1v) is 6.31. The van der Waals surface area contributed by atoms with Gasteiger partial charge in [-0.3, -0.25) is 0 Å². The SMILES string of the molecule is CCCOCOCCc1cccc(C(=O)O)c1C(=O)O. The lowest BCUT2D eigenvalue weighted by molar-refractivity contribution is -0.0524. The van der Waals surface area contributed by atoms with Gasteiger partial charge in [-0.25, -0.2) is 9.59 Å². The quantitative estimate of drug-likeness (QED) is 0.531. The van der Waals surface area contributed by atoms with Crippen LogP contribution in [0.2, 0.25) is 0 Å². The summed E-state index contributed by atoms with van der Waals surface area (Å²) in [6, 6.07) is 4.39. The van der Waals surface area contributed by atoms with Crippen molar-refractivity contribution in [3.8, 4) is 0 Å². The number of hydrogen-bond donors (Lipinski definition) is 2. The van der Waals surface area contributed by atoms with Crippen LogP contribution in [0, 0.1) is 0 Å². The summed E-state index contributed by atoms with van der Waals surface area (Å²) in [5.74, 6) is -2.50. The van der Waals surface area contributed by atoms with Gasteiger partial charge in [0.15, 0.2) is 0 Å². The second-order valence-corrected chi connectivity index (χ2v) is 4.13. The van der Waals surface area contributed by atoms with E-state index in [1.54, 1.807) is 6.07 Å². The van der Waals surface area contributed by atoms with Crippen molar-refractivity contribution in [3.63, 3.8) is 0 Å². The number of carboxylic acids is 2. The molecule has 1 aromatic carbocycles. The largest absolute Gasteiger partial charge is 0.478 e. The Morgan fingerprint density at radius 3 is 2.40 bits per heavy atom. The molecule has 0 bridgehead atoms. The first-order chi connectivity index (χ1) is 9.57. The summed E-state index contributed by atoms with van der Waals surface area (Å²) in [5, 5.41) is 18.1. The molecule has 0 fully saturated rings. The van der Waals surface area contributed by atoms with Crippen molar-refractivity contribution in [2.45, 2.75) is 19.8 Å². The molecule has 0 radical (unpaired) electrons. The standard InChI is InChI=1S/C14H18O6/c1-2-7-19-9-20-8-6-10-4-3-5-11(13(15)16)12(10)14(17)18/h3-5H,2,6-9H2,1H3,(H,15,16)(H,17,18). The number of hydrogen-bond acceptors (Lipinski definition) is 4. The van der Waals surface area contributed by atoms with E-state index in [-0.39, 0.29) is 24.5 Å². The topological polar surface area (TPSA) is 93.1 Å². The lowest BCUT2D eigenvalue weighted by Gasteiger charge is -2.09. The van der Waals surface area contributed by atoms with Gasteiger partial charge in [0.05, 0.1) is 17.7 Å². The molecule has 6 heteroatoms. The Hall–Kier alpha value is -1.92. The Balaban J connectivity index is 2.67. The predicted octanol–water partition coefficient (Wildman–Crippen LogP) is 2.03. The van der Waals surface area contributed by atoms with Crippen LogP contribution in [0.4, 0.5) is 0 Å². The summed E-state index contributed by atoms with van der Waals surface area (Å²) in [7, 11) is 0. The van der Waals surface area contributed by atoms with Gasteiger partial charge in [-0.2, -0.15) is 0 Å². The average molecular weight is 282 g/mol. The molecule has 0 unspecified atom stereocenters. The van der Waals surface area contributed by atoms with Gasteiger partial charge in [0.1, 0.15) is 6.79 Å². The minimum Gasteiger partial charge on any atom is -0.478 e. The smallest absolute Gasteiger partial charge is 0.336 e. The molecule has 1 aromatic rings. The zero-order chi connectivity index (χ0) is 15.0. The zero-order valence-electron chi connectivity index (χ0n) is 11.3. The number of rotatable bonds is 9. The summed E-state index contributed by atoms with van der Waals surface area (Å²) in [6.07, 6.45) is 1.21. The van der Waals surface area contributed by atoms with Gasteiger partial charge in [-0.05, 0) is 24.5 Å². The lowest BCUT2D eigenvalue weighted by Crippen LogP contribution is -2.13. The van der Waals surface area contributed by atoms with Crippen LogP contribution in [0.1, 0.15) is 39.6 Å². The molecule has 0 aromatic heterocycles. The minimum absolute atomic E-state index is 0.148. The van der Waals surface area contributed by atoms with E-state index >= 15 is 0 Å². The fourth-order valence-electron chi connectivity index (χ4n) is 1.74. The second-order valence-electron chi connectivity index (χ2n) is 4.13. The van der Waals surface area contributed by atoms with Crippen molar-refractivity contribution in [2.75, 3.05) is 20.0 Å². The van der Waals surface area contributed by atoms with Crippen LogP contribution in [0.15, 0.2) is 18.2 Å². The summed E-state index contributed by atoms with van der Waals surface area (Å²) in [4.78, 5) is 22.2. The van der Waals surface area contributed by atoms with Crippen LogP contribution in [0.3, 0.4) is 0 Å². The van der Waals surface area contributed by atoms with Crippen LogP contribution in [-0.2, 0) is 15.9 Å². The molecule has 1 rings (SSSR count). The van der Waals surface area contributed by atoms with Crippen LogP contribution < -0.4 is 0 Å². The molecule has 0 saturated heterocycles. The molecule has 0 aliphatic heterocycles. The van der Waals surface area contributed by atoms with Gasteiger partial charge in [0, 0.05) is 6.61 Å². The van der Waals surface area contributed by atoms with Crippen molar-refractivity contribution in [3.05, 3.63) is 34.9 Å². The molecule has 0 aliphatic carbocycles. The number of aromatic carboxylic acids is 2. The van der Waals surface area contributed by atoms with Crippen molar-refractivity contribution >= 4 is 11.9 Å². The Kier molecular flexibility index (Phi) is 6.69. The van der Waals surface area contributed by atoms with Crippen molar-refractivity contribution < 1.29 is 29.3 Å². The average Bonchev–Trinajstić information content (AvgIpc) is 2.42. The van der Waals surface area contributed by atoms with Crippen LogP contribution in [0.5, 0.6) is 0 Å². The van der Waals surface area contributed by atoms with E-state index in [9.17, 15) is 9.59 Å². The third-order valence-electron chi connectivity index (χ3n) is 2.63. The van der Waals surface area contributed by atoms with Gasteiger partial charge >= 0.3 is 11.9 Å².